The zero-order chi connectivity index (χ0) is 5.98. The van der Waals surface area contributed by atoms with Gasteiger partial charge in [0.15, 0.2) is 5.82 Å². The van der Waals surface area contributed by atoms with Crippen LogP contribution in [0, 0.1) is 0 Å². The van der Waals surface area contributed by atoms with Crippen molar-refractivity contribution in [2.45, 2.75) is 0 Å². The molecule has 8 heavy (non-hydrogen) atoms. The van der Waals surface area contributed by atoms with Crippen molar-refractivity contribution in [2.24, 2.45) is 0 Å². The summed E-state index contributed by atoms with van der Waals surface area (Å²) < 4.78 is 0. The van der Waals surface area contributed by atoms with E-state index < -0.39 is 0 Å². The molecular formula is C5H5N2O. The van der Waals surface area contributed by atoms with Crippen LogP contribution in [0.15, 0.2) is 18.3 Å². The standard InChI is InChI=1S/C5H5N2O/c6-5-4(8)2-1-3-7-5/h1-3H,(H2,6,7). The van der Waals surface area contributed by atoms with E-state index in [0.717, 1.165) is 0 Å². The second-order valence-corrected chi connectivity index (χ2v) is 1.39. The topological polar surface area (TPSA) is 58.8 Å². The summed E-state index contributed by atoms with van der Waals surface area (Å²) in [5.74, 6) is -0.153. The minimum absolute atomic E-state index is 0.0625. The molecule has 3 heteroatoms. The maximum Gasteiger partial charge on any atom is 0.220 e. The molecule has 0 aromatic carbocycles. The molecule has 0 bridgehead atoms. The third-order valence-corrected chi connectivity index (χ3v) is 0.800. The van der Waals surface area contributed by atoms with Gasteiger partial charge in [-0.2, -0.15) is 0 Å². The normalized spacial score (nSPS) is 9.00. The monoisotopic (exact) mass is 109 g/mol. The highest BCUT2D eigenvalue weighted by atomic mass is 16.3. The average Bonchev–Trinajstić information content (AvgIpc) is 1.77. The van der Waals surface area contributed by atoms with E-state index in [4.69, 9.17) is 5.73 Å². The molecule has 1 aromatic heterocycles. The highest BCUT2D eigenvalue weighted by Gasteiger charge is 1.93. The quantitative estimate of drug-likeness (QED) is 0.535. The van der Waals surface area contributed by atoms with Gasteiger partial charge in [0, 0.05) is 6.20 Å². The van der Waals surface area contributed by atoms with E-state index in [1.807, 2.05) is 0 Å². The minimum Gasteiger partial charge on any atom is -0.380 e. The first-order valence-corrected chi connectivity index (χ1v) is 2.18. The molecule has 0 aliphatic heterocycles. The van der Waals surface area contributed by atoms with Crippen molar-refractivity contribution in [3.63, 3.8) is 0 Å². The molecule has 0 aliphatic carbocycles. The summed E-state index contributed by atoms with van der Waals surface area (Å²) in [5.41, 5.74) is 5.10. The summed E-state index contributed by atoms with van der Waals surface area (Å²) in [7, 11) is 0. The number of hydrogen-bond donors (Lipinski definition) is 1. The summed E-state index contributed by atoms with van der Waals surface area (Å²) in [6, 6.07) is 2.93. The molecule has 1 radical (unpaired) electrons. The number of hydrogen-bond acceptors (Lipinski definition) is 2. The molecule has 1 aromatic rings. The number of pyridine rings is 1. The van der Waals surface area contributed by atoms with Gasteiger partial charge in [0.1, 0.15) is 0 Å². The molecule has 0 spiro atoms. The van der Waals surface area contributed by atoms with Crippen molar-refractivity contribution in [1.29, 1.82) is 0 Å². The van der Waals surface area contributed by atoms with Crippen LogP contribution in [0.4, 0.5) is 5.82 Å². The maximum atomic E-state index is 10.4. The van der Waals surface area contributed by atoms with Crippen molar-refractivity contribution in [3.8, 4) is 5.75 Å². The van der Waals surface area contributed by atoms with Crippen molar-refractivity contribution < 1.29 is 5.11 Å². The first-order valence-electron chi connectivity index (χ1n) is 2.18. The Labute approximate surface area is 46.8 Å². The van der Waals surface area contributed by atoms with E-state index in [0.29, 0.717) is 0 Å². The molecule has 2 N–H and O–H groups in total. The van der Waals surface area contributed by atoms with Crippen LogP contribution < -0.4 is 5.73 Å². The molecule has 0 amide bonds. The van der Waals surface area contributed by atoms with Crippen LogP contribution in [-0.2, 0) is 5.11 Å². The van der Waals surface area contributed by atoms with E-state index in [2.05, 4.69) is 4.98 Å². The predicted molar refractivity (Wildman–Crippen MR) is 28.8 cm³/mol. The molecule has 1 heterocycles. The van der Waals surface area contributed by atoms with Crippen LogP contribution in [0.25, 0.3) is 0 Å². The second kappa shape index (κ2) is 1.69. The van der Waals surface area contributed by atoms with Crippen LogP contribution in [0.3, 0.4) is 0 Å². The molecule has 0 fully saturated rings. The van der Waals surface area contributed by atoms with Gasteiger partial charge in [0.05, 0.1) is 0 Å². The highest BCUT2D eigenvalue weighted by Crippen LogP contribution is 2.13. The number of nitrogens with zero attached hydrogens (tertiary/aromatic N) is 1. The first kappa shape index (κ1) is 4.90. The number of aromatic nitrogens is 1. The average molecular weight is 109 g/mol. The van der Waals surface area contributed by atoms with Crippen LogP contribution in [0.5, 0.6) is 5.75 Å². The summed E-state index contributed by atoms with van der Waals surface area (Å²) in [6.45, 7) is 0. The van der Waals surface area contributed by atoms with Crippen LogP contribution >= 0.6 is 0 Å². The zero-order valence-corrected chi connectivity index (χ0v) is 4.16. The fourth-order valence-electron chi connectivity index (χ4n) is 0.403. The fourth-order valence-corrected chi connectivity index (χ4v) is 0.403. The van der Waals surface area contributed by atoms with E-state index in [9.17, 15) is 5.11 Å². The minimum atomic E-state index is -0.215. The summed E-state index contributed by atoms with van der Waals surface area (Å²) in [6.07, 6.45) is 1.48. The number of nitrogen functional groups attached to an aromatic ring is 1. The zero-order valence-electron chi connectivity index (χ0n) is 4.16. The van der Waals surface area contributed by atoms with E-state index >= 15 is 0 Å². The van der Waals surface area contributed by atoms with Gasteiger partial charge in [-0.15, -0.1) is 0 Å². The molecule has 0 atom stereocenters. The number of nitrogens with two attached hydrogens (primary N) is 1. The lowest BCUT2D eigenvalue weighted by Gasteiger charge is -1.87. The Bertz CT molecular complexity index is 167. The Morgan fingerprint density at radius 2 is 2.38 bits per heavy atom. The second-order valence-electron chi connectivity index (χ2n) is 1.39. The first-order chi connectivity index (χ1) is 3.80. The van der Waals surface area contributed by atoms with Crippen molar-refractivity contribution in [2.75, 3.05) is 5.73 Å². The lowest BCUT2D eigenvalue weighted by atomic mass is 10.4. The summed E-state index contributed by atoms with van der Waals surface area (Å²) in [4.78, 5) is 3.54. The molecular weight excluding hydrogens is 104 g/mol. The molecule has 0 aliphatic rings. The van der Waals surface area contributed by atoms with Gasteiger partial charge in [0.25, 0.3) is 0 Å². The van der Waals surface area contributed by atoms with Crippen molar-refractivity contribution >= 4 is 5.82 Å². The Hall–Kier alpha value is -1.25. The third-order valence-electron chi connectivity index (χ3n) is 0.800. The van der Waals surface area contributed by atoms with Crippen molar-refractivity contribution in [1.82, 2.24) is 4.98 Å². The van der Waals surface area contributed by atoms with E-state index in [1.54, 1.807) is 6.07 Å². The highest BCUT2D eigenvalue weighted by molar-refractivity contribution is 5.42. The van der Waals surface area contributed by atoms with E-state index in [1.165, 1.54) is 12.3 Å². The molecule has 3 nitrogen and oxygen atoms in total. The molecule has 0 saturated heterocycles. The van der Waals surface area contributed by atoms with Gasteiger partial charge >= 0.3 is 0 Å². The molecule has 0 unspecified atom stereocenters. The van der Waals surface area contributed by atoms with Crippen LogP contribution in [0.2, 0.25) is 0 Å². The Morgan fingerprint density at radius 1 is 1.62 bits per heavy atom. The number of anilines is 1. The van der Waals surface area contributed by atoms with Gasteiger partial charge in [-0.05, 0) is 12.1 Å². The van der Waals surface area contributed by atoms with Gasteiger partial charge in [-0.25, -0.2) is 4.98 Å². The molecule has 1 rings (SSSR count). The Morgan fingerprint density at radius 3 is 2.75 bits per heavy atom. The third kappa shape index (κ3) is 0.703. The van der Waals surface area contributed by atoms with Gasteiger partial charge in [-0.1, -0.05) is 0 Å². The Balaban J connectivity index is 3.13. The molecule has 0 saturated carbocycles. The molecule has 41 valence electrons. The van der Waals surface area contributed by atoms with Crippen LogP contribution in [-0.4, -0.2) is 4.98 Å². The summed E-state index contributed by atoms with van der Waals surface area (Å²) >= 11 is 0. The maximum absolute atomic E-state index is 10.4. The van der Waals surface area contributed by atoms with Gasteiger partial charge in [-0.3, -0.25) is 5.11 Å². The van der Waals surface area contributed by atoms with E-state index in [-0.39, 0.29) is 11.6 Å². The van der Waals surface area contributed by atoms with Gasteiger partial charge < -0.3 is 5.73 Å². The Kier molecular flexibility index (Phi) is 1.04. The van der Waals surface area contributed by atoms with Crippen molar-refractivity contribution in [3.05, 3.63) is 18.3 Å². The number of rotatable bonds is 0. The lowest BCUT2D eigenvalue weighted by Crippen LogP contribution is -1.86. The lowest BCUT2D eigenvalue weighted by molar-refractivity contribution is 0.356. The summed E-state index contributed by atoms with van der Waals surface area (Å²) in [5, 5.41) is 10.4. The fraction of sp³-hybridized carbons (Fsp3) is 0. The predicted octanol–water partition coefficient (Wildman–Crippen LogP) is 0.808. The largest absolute Gasteiger partial charge is 0.380 e. The smallest absolute Gasteiger partial charge is 0.220 e. The SMILES string of the molecule is Nc1ncccc1[O]. The van der Waals surface area contributed by atoms with Gasteiger partial charge in [0.2, 0.25) is 5.75 Å². The van der Waals surface area contributed by atoms with Crippen LogP contribution in [0.1, 0.15) is 0 Å².